The molecule has 0 aliphatic carbocycles. The predicted octanol–water partition coefficient (Wildman–Crippen LogP) is 3.36. The molecule has 0 saturated carbocycles. The van der Waals surface area contributed by atoms with Crippen molar-refractivity contribution in [2.75, 3.05) is 18.4 Å². The van der Waals surface area contributed by atoms with Gasteiger partial charge in [-0.3, -0.25) is 14.7 Å². The van der Waals surface area contributed by atoms with Crippen molar-refractivity contribution in [3.8, 4) is 0 Å². The highest BCUT2D eigenvalue weighted by molar-refractivity contribution is 7.15. The SMILES string of the molecule is CC(=O)Nc1ncc(CN2CCC(c3cc4ncccc4[nH]3)CC2)s1. The number of pyridine rings is 1. The summed E-state index contributed by atoms with van der Waals surface area (Å²) in [6.45, 7) is 4.55. The summed E-state index contributed by atoms with van der Waals surface area (Å²) in [5.41, 5.74) is 3.48. The average molecular weight is 355 g/mol. The standard InChI is InChI=1S/C18H21N5OS/c1-12(24)21-18-20-10-14(25-18)11-23-7-4-13(5-8-23)16-9-17-15(22-16)3-2-6-19-17/h2-3,6,9-10,13,22H,4-5,7-8,11H2,1H3,(H,20,21,24). The van der Waals surface area contributed by atoms with Crippen LogP contribution in [0.15, 0.2) is 30.6 Å². The lowest BCUT2D eigenvalue weighted by Gasteiger charge is -2.31. The summed E-state index contributed by atoms with van der Waals surface area (Å²) in [5.74, 6) is 0.497. The van der Waals surface area contributed by atoms with Crippen LogP contribution in [0.3, 0.4) is 0 Å². The number of aromatic nitrogens is 3. The van der Waals surface area contributed by atoms with Gasteiger partial charge in [-0.2, -0.15) is 0 Å². The van der Waals surface area contributed by atoms with Crippen LogP contribution in [0.5, 0.6) is 0 Å². The van der Waals surface area contributed by atoms with Crippen LogP contribution >= 0.6 is 11.3 Å². The molecular weight excluding hydrogens is 334 g/mol. The zero-order valence-corrected chi connectivity index (χ0v) is 15.0. The van der Waals surface area contributed by atoms with Crippen LogP contribution < -0.4 is 5.32 Å². The van der Waals surface area contributed by atoms with E-state index in [0.29, 0.717) is 11.0 Å². The molecule has 1 fully saturated rings. The number of anilines is 1. The number of hydrogen-bond acceptors (Lipinski definition) is 5. The van der Waals surface area contributed by atoms with E-state index >= 15 is 0 Å². The summed E-state index contributed by atoms with van der Waals surface area (Å²) in [6.07, 6.45) is 5.99. The van der Waals surface area contributed by atoms with Gasteiger partial charge in [-0.1, -0.05) is 0 Å². The number of rotatable bonds is 4. The maximum atomic E-state index is 11.1. The molecular formula is C18H21N5OS. The minimum Gasteiger partial charge on any atom is -0.357 e. The van der Waals surface area contributed by atoms with Crippen LogP contribution in [-0.4, -0.2) is 38.8 Å². The lowest BCUT2D eigenvalue weighted by atomic mass is 9.93. The van der Waals surface area contributed by atoms with Crippen molar-refractivity contribution in [3.05, 3.63) is 41.2 Å². The van der Waals surface area contributed by atoms with E-state index in [0.717, 1.165) is 43.5 Å². The van der Waals surface area contributed by atoms with E-state index in [1.165, 1.54) is 17.5 Å². The van der Waals surface area contributed by atoms with Gasteiger partial charge in [0.2, 0.25) is 5.91 Å². The lowest BCUT2D eigenvalue weighted by Crippen LogP contribution is -2.32. The first-order valence-corrected chi connectivity index (χ1v) is 9.37. The Kier molecular flexibility index (Phi) is 4.50. The van der Waals surface area contributed by atoms with Crippen molar-refractivity contribution in [2.45, 2.75) is 32.2 Å². The zero-order chi connectivity index (χ0) is 17.2. The molecule has 4 heterocycles. The van der Waals surface area contributed by atoms with Crippen LogP contribution in [-0.2, 0) is 11.3 Å². The van der Waals surface area contributed by atoms with E-state index in [9.17, 15) is 4.79 Å². The highest BCUT2D eigenvalue weighted by Crippen LogP contribution is 2.30. The largest absolute Gasteiger partial charge is 0.357 e. The van der Waals surface area contributed by atoms with Gasteiger partial charge in [0, 0.05) is 42.4 Å². The molecule has 130 valence electrons. The van der Waals surface area contributed by atoms with Crippen LogP contribution in [0.4, 0.5) is 5.13 Å². The second-order valence-electron chi connectivity index (χ2n) is 6.52. The van der Waals surface area contributed by atoms with Crippen molar-refractivity contribution in [3.63, 3.8) is 0 Å². The third kappa shape index (κ3) is 3.72. The molecule has 0 aromatic carbocycles. The Morgan fingerprint density at radius 3 is 3.00 bits per heavy atom. The van der Waals surface area contributed by atoms with E-state index in [2.05, 4.69) is 37.3 Å². The molecule has 1 amide bonds. The number of thiazole rings is 1. The second-order valence-corrected chi connectivity index (χ2v) is 7.64. The summed E-state index contributed by atoms with van der Waals surface area (Å²) in [6, 6.07) is 6.24. The first kappa shape index (κ1) is 16.2. The third-order valence-corrected chi connectivity index (χ3v) is 5.55. The summed E-state index contributed by atoms with van der Waals surface area (Å²) < 4.78 is 0. The third-order valence-electron chi connectivity index (χ3n) is 4.65. The Balaban J connectivity index is 1.35. The Morgan fingerprint density at radius 2 is 2.24 bits per heavy atom. The van der Waals surface area contributed by atoms with E-state index < -0.39 is 0 Å². The van der Waals surface area contributed by atoms with Gasteiger partial charge in [0.1, 0.15) is 0 Å². The molecule has 0 radical (unpaired) electrons. The number of nitrogens with one attached hydrogen (secondary N) is 2. The van der Waals surface area contributed by atoms with Crippen LogP contribution in [0.25, 0.3) is 11.0 Å². The van der Waals surface area contributed by atoms with Gasteiger partial charge in [-0.15, -0.1) is 11.3 Å². The fourth-order valence-corrected chi connectivity index (χ4v) is 4.31. The molecule has 0 spiro atoms. The fourth-order valence-electron chi connectivity index (χ4n) is 3.41. The van der Waals surface area contributed by atoms with Crippen molar-refractivity contribution in [1.82, 2.24) is 19.9 Å². The van der Waals surface area contributed by atoms with E-state index in [1.54, 1.807) is 11.3 Å². The number of carbonyl (C=O) groups is 1. The van der Waals surface area contributed by atoms with Gasteiger partial charge in [0.05, 0.1) is 11.0 Å². The number of amides is 1. The first-order chi connectivity index (χ1) is 12.2. The van der Waals surface area contributed by atoms with Gasteiger partial charge in [0.15, 0.2) is 5.13 Å². The zero-order valence-electron chi connectivity index (χ0n) is 14.2. The highest BCUT2D eigenvalue weighted by atomic mass is 32.1. The van der Waals surface area contributed by atoms with Crippen molar-refractivity contribution < 1.29 is 4.79 Å². The molecule has 6 nitrogen and oxygen atoms in total. The summed E-state index contributed by atoms with van der Waals surface area (Å²) in [5, 5.41) is 3.43. The van der Waals surface area contributed by atoms with E-state index in [1.807, 2.05) is 18.5 Å². The number of fused-ring (bicyclic) bond motifs is 1. The van der Waals surface area contributed by atoms with E-state index in [4.69, 9.17) is 0 Å². The molecule has 3 aromatic heterocycles. The molecule has 1 aliphatic heterocycles. The molecule has 4 rings (SSSR count). The van der Waals surface area contributed by atoms with E-state index in [-0.39, 0.29) is 5.91 Å². The molecule has 2 N–H and O–H groups in total. The number of likely N-dealkylation sites (tertiary alicyclic amines) is 1. The quantitative estimate of drug-likeness (QED) is 0.753. The lowest BCUT2D eigenvalue weighted by molar-refractivity contribution is -0.114. The van der Waals surface area contributed by atoms with Crippen molar-refractivity contribution >= 4 is 33.4 Å². The Labute approximate surface area is 150 Å². The molecule has 0 atom stereocenters. The summed E-state index contributed by atoms with van der Waals surface area (Å²) >= 11 is 1.56. The molecule has 0 unspecified atom stereocenters. The number of carbonyl (C=O) groups excluding carboxylic acids is 1. The molecule has 7 heteroatoms. The smallest absolute Gasteiger partial charge is 0.223 e. The number of piperidine rings is 1. The van der Waals surface area contributed by atoms with Crippen LogP contribution in [0.1, 0.15) is 36.3 Å². The minimum atomic E-state index is -0.0745. The normalized spacial score (nSPS) is 16.4. The van der Waals surface area contributed by atoms with Crippen molar-refractivity contribution in [1.29, 1.82) is 0 Å². The number of nitrogens with zero attached hydrogens (tertiary/aromatic N) is 3. The topological polar surface area (TPSA) is 73.9 Å². The van der Waals surface area contributed by atoms with Gasteiger partial charge in [0.25, 0.3) is 0 Å². The summed E-state index contributed by atoms with van der Waals surface area (Å²) in [4.78, 5) is 26.9. The molecule has 3 aromatic rings. The second kappa shape index (κ2) is 6.93. The molecule has 0 bridgehead atoms. The number of hydrogen-bond donors (Lipinski definition) is 2. The first-order valence-electron chi connectivity index (χ1n) is 8.55. The number of aromatic amines is 1. The predicted molar refractivity (Wildman–Crippen MR) is 99.8 cm³/mol. The van der Waals surface area contributed by atoms with Crippen molar-refractivity contribution in [2.24, 2.45) is 0 Å². The fraction of sp³-hybridized carbons (Fsp3) is 0.389. The monoisotopic (exact) mass is 355 g/mol. The Morgan fingerprint density at radius 1 is 1.40 bits per heavy atom. The molecule has 25 heavy (non-hydrogen) atoms. The van der Waals surface area contributed by atoms with Gasteiger partial charge >= 0.3 is 0 Å². The Hall–Kier alpha value is -2.25. The van der Waals surface area contributed by atoms with Crippen LogP contribution in [0, 0.1) is 0 Å². The molecule has 1 saturated heterocycles. The minimum absolute atomic E-state index is 0.0745. The van der Waals surface area contributed by atoms with Gasteiger partial charge in [-0.25, -0.2) is 4.98 Å². The van der Waals surface area contributed by atoms with Crippen LogP contribution in [0.2, 0.25) is 0 Å². The average Bonchev–Trinajstić information content (AvgIpc) is 3.21. The Bertz CT molecular complexity index is 845. The highest BCUT2D eigenvalue weighted by Gasteiger charge is 2.22. The number of H-pyrrole nitrogens is 1. The maximum Gasteiger partial charge on any atom is 0.223 e. The summed E-state index contributed by atoms with van der Waals surface area (Å²) in [7, 11) is 0. The van der Waals surface area contributed by atoms with Gasteiger partial charge < -0.3 is 10.3 Å². The van der Waals surface area contributed by atoms with Gasteiger partial charge in [-0.05, 0) is 44.1 Å². The molecule has 1 aliphatic rings. The maximum absolute atomic E-state index is 11.1.